The molecule has 112 valence electrons. The van der Waals surface area contributed by atoms with Crippen LogP contribution >= 0.6 is 0 Å². The Morgan fingerprint density at radius 1 is 1.30 bits per heavy atom. The Hall–Kier alpha value is -1.11. The van der Waals surface area contributed by atoms with E-state index in [1.807, 2.05) is 0 Å². The molecule has 0 amide bonds. The highest BCUT2D eigenvalue weighted by atomic mass is 32.2. The third-order valence-electron chi connectivity index (χ3n) is 3.59. The molecule has 0 unspecified atom stereocenters. The van der Waals surface area contributed by atoms with E-state index < -0.39 is 10.0 Å². The van der Waals surface area contributed by atoms with Crippen LogP contribution in [0.2, 0.25) is 0 Å². The third-order valence-corrected chi connectivity index (χ3v) is 5.17. The summed E-state index contributed by atoms with van der Waals surface area (Å²) in [6, 6.07) is 6.66. The van der Waals surface area contributed by atoms with Gasteiger partial charge in [-0.05, 0) is 25.0 Å². The second-order valence-electron chi connectivity index (χ2n) is 5.31. The van der Waals surface area contributed by atoms with Gasteiger partial charge in [-0.15, -0.1) is 0 Å². The molecule has 0 aromatic heterocycles. The highest BCUT2D eigenvalue weighted by Gasteiger charge is 2.30. The van der Waals surface area contributed by atoms with Crippen LogP contribution in [0.1, 0.15) is 32.6 Å². The van der Waals surface area contributed by atoms with E-state index in [0.29, 0.717) is 18.9 Å². The van der Waals surface area contributed by atoms with Gasteiger partial charge in [-0.1, -0.05) is 31.9 Å². The molecule has 0 radical (unpaired) electrons. The van der Waals surface area contributed by atoms with Gasteiger partial charge in [-0.3, -0.25) is 0 Å². The lowest BCUT2D eigenvalue weighted by Crippen LogP contribution is -2.42. The Morgan fingerprint density at radius 3 is 2.60 bits per heavy atom. The average Bonchev–Trinajstić information content (AvgIpc) is 2.84. The maximum atomic E-state index is 12.1. The minimum atomic E-state index is -3.52. The number of hydrogen-bond donors (Lipinski definition) is 2. The molecule has 0 atom stereocenters. The van der Waals surface area contributed by atoms with Crippen molar-refractivity contribution in [2.45, 2.75) is 43.0 Å². The lowest BCUT2D eigenvalue weighted by atomic mass is 10.0. The van der Waals surface area contributed by atoms with Crippen molar-refractivity contribution in [3.63, 3.8) is 0 Å². The first-order valence-corrected chi connectivity index (χ1v) is 8.45. The summed E-state index contributed by atoms with van der Waals surface area (Å²) in [5.74, 6) is 0.366. The number of benzene rings is 1. The Bertz CT molecular complexity index is 551. The molecule has 5 nitrogen and oxygen atoms in total. The molecule has 1 aromatic carbocycles. The molecular formula is C14H22N2O3S. The van der Waals surface area contributed by atoms with Crippen LogP contribution in [0, 0.1) is 0 Å². The summed E-state index contributed by atoms with van der Waals surface area (Å²) in [5, 5.41) is 0. The standard InChI is InChI=1S/C14H22N2O3S/c1-2-16-20(17,18)13-8-4-3-7-12(13)19-11-14(15)9-5-6-10-14/h3-4,7-8,16H,2,5-6,9-11,15H2,1H3. The van der Waals surface area contributed by atoms with E-state index in [9.17, 15) is 8.42 Å². The first-order chi connectivity index (χ1) is 9.47. The monoisotopic (exact) mass is 298 g/mol. The summed E-state index contributed by atoms with van der Waals surface area (Å²) in [6.07, 6.45) is 4.07. The van der Waals surface area contributed by atoms with Gasteiger partial charge in [0.1, 0.15) is 17.3 Å². The SMILES string of the molecule is CCNS(=O)(=O)c1ccccc1OCC1(N)CCCC1. The van der Waals surface area contributed by atoms with Crippen LogP contribution in [-0.2, 0) is 10.0 Å². The van der Waals surface area contributed by atoms with Gasteiger partial charge < -0.3 is 10.5 Å². The molecule has 0 saturated heterocycles. The lowest BCUT2D eigenvalue weighted by molar-refractivity contribution is 0.216. The van der Waals surface area contributed by atoms with Gasteiger partial charge in [-0.2, -0.15) is 0 Å². The quantitative estimate of drug-likeness (QED) is 0.836. The molecule has 0 spiro atoms. The number of rotatable bonds is 6. The molecular weight excluding hydrogens is 276 g/mol. The van der Waals surface area contributed by atoms with Crippen molar-refractivity contribution in [1.82, 2.24) is 4.72 Å². The molecule has 1 aliphatic rings. The molecule has 6 heteroatoms. The zero-order valence-electron chi connectivity index (χ0n) is 11.8. The van der Waals surface area contributed by atoms with Gasteiger partial charge in [0, 0.05) is 6.54 Å². The highest BCUT2D eigenvalue weighted by Crippen LogP contribution is 2.29. The summed E-state index contributed by atoms with van der Waals surface area (Å²) >= 11 is 0. The van der Waals surface area contributed by atoms with Crippen molar-refractivity contribution in [2.75, 3.05) is 13.2 Å². The fourth-order valence-electron chi connectivity index (χ4n) is 2.50. The molecule has 1 aromatic rings. The minimum Gasteiger partial charge on any atom is -0.490 e. The topological polar surface area (TPSA) is 81.4 Å². The predicted octanol–water partition coefficient (Wildman–Crippen LogP) is 1.64. The van der Waals surface area contributed by atoms with E-state index >= 15 is 0 Å². The van der Waals surface area contributed by atoms with Crippen LogP contribution < -0.4 is 15.2 Å². The number of sulfonamides is 1. The normalized spacial score (nSPS) is 18.1. The molecule has 0 bridgehead atoms. The Labute approximate surface area is 120 Å². The van der Waals surface area contributed by atoms with E-state index in [1.165, 1.54) is 0 Å². The van der Waals surface area contributed by atoms with Crippen molar-refractivity contribution in [3.05, 3.63) is 24.3 Å². The van der Waals surface area contributed by atoms with E-state index in [0.717, 1.165) is 25.7 Å². The maximum absolute atomic E-state index is 12.1. The largest absolute Gasteiger partial charge is 0.490 e. The number of nitrogens with one attached hydrogen (secondary N) is 1. The van der Waals surface area contributed by atoms with Gasteiger partial charge in [-0.25, -0.2) is 13.1 Å². The summed E-state index contributed by atoms with van der Waals surface area (Å²) < 4.78 is 32.4. The van der Waals surface area contributed by atoms with Crippen molar-refractivity contribution >= 4 is 10.0 Å². The van der Waals surface area contributed by atoms with Crippen molar-refractivity contribution in [1.29, 1.82) is 0 Å². The Morgan fingerprint density at radius 2 is 1.95 bits per heavy atom. The molecule has 20 heavy (non-hydrogen) atoms. The molecule has 1 aliphatic carbocycles. The number of para-hydroxylation sites is 1. The highest BCUT2D eigenvalue weighted by molar-refractivity contribution is 7.89. The number of ether oxygens (including phenoxy) is 1. The van der Waals surface area contributed by atoms with Crippen LogP contribution in [0.3, 0.4) is 0 Å². The van der Waals surface area contributed by atoms with Crippen molar-refractivity contribution in [3.8, 4) is 5.75 Å². The van der Waals surface area contributed by atoms with Gasteiger partial charge >= 0.3 is 0 Å². The fourth-order valence-corrected chi connectivity index (χ4v) is 3.69. The second-order valence-corrected chi connectivity index (χ2v) is 7.04. The summed E-state index contributed by atoms with van der Waals surface area (Å²) in [7, 11) is -3.52. The van der Waals surface area contributed by atoms with E-state index in [2.05, 4.69) is 4.72 Å². The first-order valence-electron chi connectivity index (χ1n) is 6.97. The molecule has 0 heterocycles. The van der Waals surface area contributed by atoms with E-state index in [1.54, 1.807) is 31.2 Å². The van der Waals surface area contributed by atoms with Crippen LogP contribution in [-0.4, -0.2) is 27.1 Å². The van der Waals surface area contributed by atoms with Crippen molar-refractivity contribution in [2.24, 2.45) is 5.73 Å². The molecule has 0 aliphatic heterocycles. The van der Waals surface area contributed by atoms with Crippen LogP contribution in [0.5, 0.6) is 5.75 Å². The molecule has 3 N–H and O–H groups in total. The fraction of sp³-hybridized carbons (Fsp3) is 0.571. The average molecular weight is 298 g/mol. The van der Waals surface area contributed by atoms with Gasteiger partial charge in [0.15, 0.2) is 0 Å². The van der Waals surface area contributed by atoms with Gasteiger partial charge in [0.05, 0.1) is 5.54 Å². The molecule has 1 fully saturated rings. The number of nitrogens with two attached hydrogens (primary N) is 1. The minimum absolute atomic E-state index is 0.170. The Balaban J connectivity index is 2.16. The predicted molar refractivity (Wildman–Crippen MR) is 78.2 cm³/mol. The van der Waals surface area contributed by atoms with Gasteiger partial charge in [0.2, 0.25) is 10.0 Å². The zero-order chi connectivity index (χ0) is 14.6. The summed E-state index contributed by atoms with van der Waals surface area (Å²) in [4.78, 5) is 0.170. The Kier molecular flexibility index (Phi) is 4.67. The van der Waals surface area contributed by atoms with Crippen LogP contribution in [0.25, 0.3) is 0 Å². The molecule has 1 saturated carbocycles. The number of hydrogen-bond acceptors (Lipinski definition) is 4. The van der Waals surface area contributed by atoms with Gasteiger partial charge in [0.25, 0.3) is 0 Å². The van der Waals surface area contributed by atoms with E-state index in [-0.39, 0.29) is 10.4 Å². The first kappa shape index (κ1) is 15.3. The molecule has 2 rings (SSSR count). The third kappa shape index (κ3) is 3.50. The second kappa shape index (κ2) is 6.11. The lowest BCUT2D eigenvalue weighted by Gasteiger charge is -2.24. The maximum Gasteiger partial charge on any atom is 0.244 e. The smallest absolute Gasteiger partial charge is 0.244 e. The van der Waals surface area contributed by atoms with Crippen molar-refractivity contribution < 1.29 is 13.2 Å². The summed E-state index contributed by atoms with van der Waals surface area (Å²) in [6.45, 7) is 2.44. The van der Waals surface area contributed by atoms with E-state index in [4.69, 9.17) is 10.5 Å². The van der Waals surface area contributed by atoms with Crippen LogP contribution in [0.15, 0.2) is 29.2 Å². The summed E-state index contributed by atoms with van der Waals surface area (Å²) in [5.41, 5.74) is 5.91. The zero-order valence-corrected chi connectivity index (χ0v) is 12.6. The van der Waals surface area contributed by atoms with Crippen LogP contribution in [0.4, 0.5) is 0 Å².